The summed E-state index contributed by atoms with van der Waals surface area (Å²) in [4.78, 5) is 0. The summed E-state index contributed by atoms with van der Waals surface area (Å²) in [6, 6.07) is 3.54. The Morgan fingerprint density at radius 1 is 1.36 bits per heavy atom. The van der Waals surface area contributed by atoms with E-state index < -0.39 is 0 Å². The van der Waals surface area contributed by atoms with Crippen LogP contribution in [0.25, 0.3) is 0 Å². The highest BCUT2D eigenvalue weighted by molar-refractivity contribution is 5.43. The highest BCUT2D eigenvalue weighted by Crippen LogP contribution is 2.02. The molecule has 0 saturated heterocycles. The number of allylic oxidation sites excluding steroid dienone is 3. The fraction of sp³-hybridized carbons (Fsp3) is 0.250. The van der Waals surface area contributed by atoms with E-state index in [2.05, 4.69) is 4.74 Å². The average Bonchev–Trinajstić information content (AvgIpc) is 2.03. The third-order valence-corrected chi connectivity index (χ3v) is 1.07. The third kappa shape index (κ3) is 3.07. The quantitative estimate of drug-likeness (QED) is 0.339. The topological polar surface area (TPSA) is 56.8 Å². The molecule has 0 spiro atoms. The summed E-state index contributed by atoms with van der Waals surface area (Å²) in [5, 5.41) is 16.8. The average molecular weight is 148 g/mol. The first-order chi connectivity index (χ1) is 5.26. The van der Waals surface area contributed by atoms with Crippen molar-refractivity contribution in [2.24, 2.45) is 0 Å². The number of ether oxygens (including phenoxy) is 1. The Labute approximate surface area is 65.8 Å². The smallest absolute Gasteiger partial charge is 0.132 e. The minimum absolute atomic E-state index is 0.110. The van der Waals surface area contributed by atoms with Gasteiger partial charge in [0.1, 0.15) is 17.7 Å². The zero-order chi connectivity index (χ0) is 8.69. The monoisotopic (exact) mass is 148 g/mol. The summed E-state index contributed by atoms with van der Waals surface area (Å²) in [5.74, 6) is 0. The summed E-state index contributed by atoms with van der Waals surface area (Å²) in [6.45, 7) is 1.68. The molecule has 0 unspecified atom stereocenters. The zero-order valence-electron chi connectivity index (χ0n) is 6.46. The Morgan fingerprint density at radius 3 is 2.27 bits per heavy atom. The van der Waals surface area contributed by atoms with Gasteiger partial charge in [0, 0.05) is 0 Å². The Kier molecular flexibility index (Phi) is 4.27. The van der Waals surface area contributed by atoms with Crippen molar-refractivity contribution in [2.75, 3.05) is 7.11 Å². The number of hydrogen-bond acceptors (Lipinski definition) is 3. The lowest BCUT2D eigenvalue weighted by atomic mass is 10.2. The molecular formula is C8H8N2O. The Bertz CT molecular complexity index is 247. The minimum Gasteiger partial charge on any atom is -0.504 e. The van der Waals surface area contributed by atoms with E-state index in [4.69, 9.17) is 10.5 Å². The van der Waals surface area contributed by atoms with Crippen LogP contribution in [-0.2, 0) is 4.74 Å². The van der Waals surface area contributed by atoms with Crippen molar-refractivity contribution in [3.05, 3.63) is 23.5 Å². The summed E-state index contributed by atoms with van der Waals surface area (Å²) < 4.78 is 4.62. The Hall–Kier alpha value is -1.74. The van der Waals surface area contributed by atoms with Gasteiger partial charge in [0.25, 0.3) is 0 Å². The molecule has 0 aliphatic heterocycles. The molecule has 0 aliphatic rings. The van der Waals surface area contributed by atoms with Crippen LogP contribution in [0.1, 0.15) is 6.92 Å². The normalized spacial score (nSPS) is 8.36. The second kappa shape index (κ2) is 5.08. The summed E-state index contributed by atoms with van der Waals surface area (Å²) in [7, 11) is 1.50. The molecule has 0 rings (SSSR count). The van der Waals surface area contributed by atoms with E-state index in [1.807, 2.05) is 0 Å². The van der Waals surface area contributed by atoms with Crippen LogP contribution in [0.15, 0.2) is 23.5 Å². The number of hydrogen-bond donors (Lipinski definition) is 0. The largest absolute Gasteiger partial charge is 0.504 e. The number of methoxy groups -OCH3 is 1. The number of nitriles is 2. The van der Waals surface area contributed by atoms with E-state index in [9.17, 15) is 0 Å². The molecule has 0 atom stereocenters. The lowest BCUT2D eigenvalue weighted by molar-refractivity contribution is 0.338. The maximum atomic E-state index is 8.39. The van der Waals surface area contributed by atoms with Crippen molar-refractivity contribution in [3.63, 3.8) is 0 Å². The van der Waals surface area contributed by atoms with Crippen molar-refractivity contribution in [1.29, 1.82) is 10.5 Å². The molecule has 3 heteroatoms. The molecule has 0 aliphatic carbocycles. The molecule has 0 aromatic carbocycles. The molecule has 0 aromatic rings. The SMILES string of the molecule is CO/C=C\C(C)=C(C#N)C#N. The van der Waals surface area contributed by atoms with Crippen LogP contribution in [0.4, 0.5) is 0 Å². The number of nitrogens with zero attached hydrogens (tertiary/aromatic N) is 2. The van der Waals surface area contributed by atoms with Gasteiger partial charge in [0.15, 0.2) is 0 Å². The second-order valence-electron chi connectivity index (χ2n) is 1.82. The van der Waals surface area contributed by atoms with Crippen molar-refractivity contribution < 1.29 is 4.74 Å². The predicted molar refractivity (Wildman–Crippen MR) is 40.1 cm³/mol. The van der Waals surface area contributed by atoms with Gasteiger partial charge in [-0.15, -0.1) is 0 Å². The fourth-order valence-corrected chi connectivity index (χ4v) is 0.455. The van der Waals surface area contributed by atoms with Gasteiger partial charge in [-0.3, -0.25) is 0 Å². The molecule has 0 amide bonds. The first-order valence-corrected chi connectivity index (χ1v) is 2.96. The van der Waals surface area contributed by atoms with E-state index in [-0.39, 0.29) is 5.57 Å². The molecule has 0 bridgehead atoms. The standard InChI is InChI=1S/C8H8N2O/c1-7(3-4-11-2)8(5-9)6-10/h3-4H,1-2H3/b4-3-. The minimum atomic E-state index is 0.110. The Morgan fingerprint density at radius 2 is 1.91 bits per heavy atom. The third-order valence-electron chi connectivity index (χ3n) is 1.07. The van der Waals surface area contributed by atoms with Gasteiger partial charge >= 0.3 is 0 Å². The molecule has 0 radical (unpaired) electrons. The van der Waals surface area contributed by atoms with Crippen molar-refractivity contribution in [2.45, 2.75) is 6.92 Å². The summed E-state index contributed by atoms with van der Waals surface area (Å²) >= 11 is 0. The highest BCUT2D eigenvalue weighted by Gasteiger charge is 1.94. The van der Waals surface area contributed by atoms with Gasteiger partial charge in [-0.25, -0.2) is 0 Å². The van der Waals surface area contributed by atoms with E-state index in [0.717, 1.165) is 0 Å². The van der Waals surface area contributed by atoms with Crippen LogP contribution in [0.5, 0.6) is 0 Å². The van der Waals surface area contributed by atoms with Crippen LogP contribution in [0.2, 0.25) is 0 Å². The first-order valence-electron chi connectivity index (χ1n) is 2.96. The van der Waals surface area contributed by atoms with E-state index in [1.54, 1.807) is 25.1 Å². The van der Waals surface area contributed by atoms with Gasteiger partial charge in [-0.05, 0) is 18.6 Å². The van der Waals surface area contributed by atoms with Crippen molar-refractivity contribution >= 4 is 0 Å². The van der Waals surface area contributed by atoms with E-state index >= 15 is 0 Å². The zero-order valence-corrected chi connectivity index (χ0v) is 6.46. The second-order valence-corrected chi connectivity index (χ2v) is 1.82. The van der Waals surface area contributed by atoms with Crippen LogP contribution < -0.4 is 0 Å². The maximum Gasteiger partial charge on any atom is 0.132 e. The molecular weight excluding hydrogens is 140 g/mol. The molecule has 0 heterocycles. The van der Waals surface area contributed by atoms with Crippen LogP contribution in [-0.4, -0.2) is 7.11 Å². The molecule has 0 aromatic heterocycles. The molecule has 11 heavy (non-hydrogen) atoms. The lowest BCUT2D eigenvalue weighted by Gasteiger charge is -1.89. The summed E-state index contributed by atoms with van der Waals surface area (Å²) in [5.41, 5.74) is 0.718. The van der Waals surface area contributed by atoms with Crippen LogP contribution >= 0.6 is 0 Å². The van der Waals surface area contributed by atoms with Gasteiger partial charge in [-0.2, -0.15) is 10.5 Å². The number of rotatable bonds is 2. The summed E-state index contributed by atoms with van der Waals surface area (Å²) in [6.07, 6.45) is 2.99. The van der Waals surface area contributed by atoms with Crippen molar-refractivity contribution in [3.8, 4) is 12.1 Å². The van der Waals surface area contributed by atoms with Gasteiger partial charge in [-0.1, -0.05) is 0 Å². The van der Waals surface area contributed by atoms with Crippen LogP contribution in [0, 0.1) is 22.7 Å². The van der Waals surface area contributed by atoms with E-state index in [1.165, 1.54) is 13.4 Å². The molecule has 3 nitrogen and oxygen atoms in total. The van der Waals surface area contributed by atoms with Crippen molar-refractivity contribution in [1.82, 2.24) is 0 Å². The lowest BCUT2D eigenvalue weighted by Crippen LogP contribution is -1.78. The highest BCUT2D eigenvalue weighted by atomic mass is 16.5. The van der Waals surface area contributed by atoms with E-state index in [0.29, 0.717) is 5.57 Å². The van der Waals surface area contributed by atoms with Gasteiger partial charge in [0.2, 0.25) is 0 Å². The predicted octanol–water partition coefficient (Wildman–Crippen LogP) is 1.51. The first kappa shape index (κ1) is 9.26. The van der Waals surface area contributed by atoms with Crippen LogP contribution in [0.3, 0.4) is 0 Å². The molecule has 0 N–H and O–H groups in total. The molecule has 56 valence electrons. The van der Waals surface area contributed by atoms with Gasteiger partial charge in [0.05, 0.1) is 13.4 Å². The fourth-order valence-electron chi connectivity index (χ4n) is 0.455. The molecule has 0 fully saturated rings. The Balaban J connectivity index is 4.56. The molecule has 0 saturated carbocycles. The van der Waals surface area contributed by atoms with Gasteiger partial charge < -0.3 is 4.74 Å². The maximum absolute atomic E-state index is 8.39.